The van der Waals surface area contributed by atoms with E-state index in [1.807, 2.05) is 0 Å². The molecule has 0 amide bonds. The van der Waals surface area contributed by atoms with Crippen LogP contribution in [0.15, 0.2) is 0 Å². The fourth-order valence-electron chi connectivity index (χ4n) is 3.65. The average molecular weight is 385 g/mol. The maximum absolute atomic E-state index is 10.1. The quantitative estimate of drug-likeness (QED) is 0.268. The van der Waals surface area contributed by atoms with Crippen LogP contribution in [0.3, 0.4) is 0 Å². The van der Waals surface area contributed by atoms with Crippen LogP contribution in [-0.2, 0) is 0 Å². The van der Waals surface area contributed by atoms with Crippen molar-refractivity contribution in [3.63, 3.8) is 0 Å². The van der Waals surface area contributed by atoms with Crippen LogP contribution in [0.1, 0.15) is 138 Å². The molecule has 0 saturated heterocycles. The first-order valence-corrected chi connectivity index (χ1v) is 11.9. The van der Waals surface area contributed by atoms with E-state index < -0.39 is 0 Å². The van der Waals surface area contributed by atoms with Crippen molar-refractivity contribution in [2.75, 3.05) is 0 Å². The van der Waals surface area contributed by atoms with Crippen molar-refractivity contribution in [3.05, 3.63) is 0 Å². The summed E-state index contributed by atoms with van der Waals surface area (Å²) in [6, 6.07) is 0. The van der Waals surface area contributed by atoms with Crippen LogP contribution in [0.5, 0.6) is 0 Å². The van der Waals surface area contributed by atoms with E-state index in [2.05, 4.69) is 41.5 Å². The highest BCUT2D eigenvalue weighted by molar-refractivity contribution is 4.64. The zero-order valence-corrected chi connectivity index (χ0v) is 19.7. The third kappa shape index (κ3) is 22.1. The maximum atomic E-state index is 10.1. The number of unbranched alkanes of at least 4 members (excludes halogenated alkanes) is 6. The predicted octanol–water partition coefficient (Wildman–Crippen LogP) is 7.65. The fraction of sp³-hybridized carbons (Fsp3) is 1.00. The van der Waals surface area contributed by atoms with E-state index in [4.69, 9.17) is 0 Å². The van der Waals surface area contributed by atoms with Crippen LogP contribution in [0.4, 0.5) is 0 Å². The molecule has 2 nitrogen and oxygen atoms in total. The second-order valence-corrected chi connectivity index (χ2v) is 11.3. The molecule has 0 bridgehead atoms. The van der Waals surface area contributed by atoms with Crippen molar-refractivity contribution in [2.45, 2.75) is 150 Å². The molecule has 2 atom stereocenters. The van der Waals surface area contributed by atoms with Crippen LogP contribution < -0.4 is 0 Å². The molecule has 2 N–H and O–H groups in total. The minimum Gasteiger partial charge on any atom is -0.393 e. The summed E-state index contributed by atoms with van der Waals surface area (Å²) in [6.07, 6.45) is 16.8. The van der Waals surface area contributed by atoms with Gasteiger partial charge in [0, 0.05) is 0 Å². The average Bonchev–Trinajstić information content (AvgIpc) is 2.51. The second-order valence-electron chi connectivity index (χ2n) is 11.3. The van der Waals surface area contributed by atoms with Gasteiger partial charge in [-0.05, 0) is 49.4 Å². The number of aliphatic hydroxyl groups excluding tert-OH is 2. The zero-order valence-electron chi connectivity index (χ0n) is 19.7. The van der Waals surface area contributed by atoms with E-state index in [1.54, 1.807) is 0 Å². The molecule has 27 heavy (non-hydrogen) atoms. The van der Waals surface area contributed by atoms with E-state index in [1.165, 1.54) is 38.5 Å². The molecule has 2 unspecified atom stereocenters. The van der Waals surface area contributed by atoms with Crippen LogP contribution in [0.25, 0.3) is 0 Å². The van der Waals surface area contributed by atoms with Gasteiger partial charge < -0.3 is 10.2 Å². The predicted molar refractivity (Wildman–Crippen MR) is 120 cm³/mol. The lowest BCUT2D eigenvalue weighted by atomic mass is 9.89. The highest BCUT2D eigenvalue weighted by atomic mass is 16.3. The lowest BCUT2D eigenvalue weighted by Gasteiger charge is -2.18. The minimum atomic E-state index is -0.118. The van der Waals surface area contributed by atoms with Gasteiger partial charge in [0.25, 0.3) is 0 Å². The van der Waals surface area contributed by atoms with Crippen LogP contribution >= 0.6 is 0 Å². The molecule has 2 heteroatoms. The first-order valence-electron chi connectivity index (χ1n) is 11.9. The van der Waals surface area contributed by atoms with Gasteiger partial charge in [0.2, 0.25) is 0 Å². The van der Waals surface area contributed by atoms with Crippen molar-refractivity contribution < 1.29 is 10.2 Å². The molecular weight excluding hydrogens is 332 g/mol. The van der Waals surface area contributed by atoms with E-state index in [-0.39, 0.29) is 12.2 Å². The minimum absolute atomic E-state index is 0.118. The van der Waals surface area contributed by atoms with Gasteiger partial charge in [-0.3, -0.25) is 0 Å². The van der Waals surface area contributed by atoms with Crippen molar-refractivity contribution >= 4 is 0 Å². The molecule has 0 aliphatic rings. The summed E-state index contributed by atoms with van der Waals surface area (Å²) < 4.78 is 0. The Bertz CT molecular complexity index is 292. The molecule has 0 aliphatic heterocycles. The van der Waals surface area contributed by atoms with E-state index in [0.717, 1.165) is 57.8 Å². The molecule has 0 aliphatic carbocycles. The van der Waals surface area contributed by atoms with Gasteiger partial charge in [-0.15, -0.1) is 0 Å². The van der Waals surface area contributed by atoms with E-state index in [9.17, 15) is 10.2 Å². The lowest BCUT2D eigenvalue weighted by Crippen LogP contribution is -2.08. The molecule has 0 aromatic rings. The van der Waals surface area contributed by atoms with Gasteiger partial charge in [0.05, 0.1) is 12.2 Å². The number of hydrogen-bond donors (Lipinski definition) is 2. The Hall–Kier alpha value is -0.0800. The Kier molecular flexibility index (Phi) is 14.8. The SMILES string of the molecule is CC(C)(C)CCCCCC(O)CCCCCC(O)CCCCCC(C)(C)C. The largest absolute Gasteiger partial charge is 0.393 e. The third-order valence-electron chi connectivity index (χ3n) is 5.50. The van der Waals surface area contributed by atoms with E-state index >= 15 is 0 Å². The Morgan fingerprint density at radius 1 is 0.444 bits per heavy atom. The van der Waals surface area contributed by atoms with Crippen molar-refractivity contribution in [1.82, 2.24) is 0 Å². The van der Waals surface area contributed by atoms with Crippen LogP contribution in [0, 0.1) is 10.8 Å². The molecule has 0 spiro atoms. The Labute approximate surface area is 171 Å². The van der Waals surface area contributed by atoms with Gasteiger partial charge >= 0.3 is 0 Å². The first-order chi connectivity index (χ1) is 12.5. The summed E-state index contributed by atoms with van der Waals surface area (Å²) >= 11 is 0. The van der Waals surface area contributed by atoms with Crippen LogP contribution in [0.2, 0.25) is 0 Å². The number of hydrogen-bond acceptors (Lipinski definition) is 2. The monoisotopic (exact) mass is 384 g/mol. The Balaban J connectivity index is 3.41. The Morgan fingerprint density at radius 3 is 0.963 bits per heavy atom. The molecule has 164 valence electrons. The summed E-state index contributed by atoms with van der Waals surface area (Å²) in [5.41, 5.74) is 0.880. The van der Waals surface area contributed by atoms with Gasteiger partial charge in [-0.25, -0.2) is 0 Å². The molecule has 0 fully saturated rings. The molecule has 0 aromatic carbocycles. The second kappa shape index (κ2) is 14.9. The summed E-state index contributed by atoms with van der Waals surface area (Å²) in [6.45, 7) is 13.8. The lowest BCUT2D eigenvalue weighted by molar-refractivity contribution is 0.138. The fourth-order valence-corrected chi connectivity index (χ4v) is 3.65. The standard InChI is InChI=1S/C25H52O2/c1-24(2,3)20-14-8-12-18-22(26)16-10-7-11-17-23(27)19-13-9-15-21-25(4,5)6/h22-23,26-27H,7-21H2,1-6H3. The number of aliphatic hydroxyl groups is 2. The molecule has 0 saturated carbocycles. The normalized spacial score (nSPS) is 15.1. The number of rotatable bonds is 16. The highest BCUT2D eigenvalue weighted by Crippen LogP contribution is 2.24. The van der Waals surface area contributed by atoms with Crippen molar-refractivity contribution in [1.29, 1.82) is 0 Å². The van der Waals surface area contributed by atoms with Crippen molar-refractivity contribution in [3.8, 4) is 0 Å². The van der Waals surface area contributed by atoms with Gasteiger partial charge in [-0.1, -0.05) is 99.3 Å². The summed E-state index contributed by atoms with van der Waals surface area (Å²) in [4.78, 5) is 0. The Morgan fingerprint density at radius 2 is 0.704 bits per heavy atom. The zero-order chi connectivity index (χ0) is 20.8. The van der Waals surface area contributed by atoms with Crippen LogP contribution in [-0.4, -0.2) is 22.4 Å². The highest BCUT2D eigenvalue weighted by Gasteiger charge is 2.11. The molecule has 0 radical (unpaired) electrons. The molecular formula is C25H52O2. The summed E-state index contributed by atoms with van der Waals surface area (Å²) in [5, 5.41) is 20.2. The molecule has 0 aromatic heterocycles. The summed E-state index contributed by atoms with van der Waals surface area (Å²) in [5.74, 6) is 0. The molecule has 0 rings (SSSR count). The molecule has 0 heterocycles. The van der Waals surface area contributed by atoms with Gasteiger partial charge in [-0.2, -0.15) is 0 Å². The van der Waals surface area contributed by atoms with Gasteiger partial charge in [0.1, 0.15) is 0 Å². The smallest absolute Gasteiger partial charge is 0.0540 e. The first kappa shape index (κ1) is 26.9. The maximum Gasteiger partial charge on any atom is 0.0540 e. The van der Waals surface area contributed by atoms with Crippen molar-refractivity contribution in [2.24, 2.45) is 10.8 Å². The van der Waals surface area contributed by atoms with Gasteiger partial charge in [0.15, 0.2) is 0 Å². The third-order valence-corrected chi connectivity index (χ3v) is 5.50. The summed E-state index contributed by atoms with van der Waals surface area (Å²) in [7, 11) is 0. The van der Waals surface area contributed by atoms with E-state index in [0.29, 0.717) is 10.8 Å². The topological polar surface area (TPSA) is 40.5 Å².